The quantitative estimate of drug-likeness (QED) is 0.886. The van der Waals surface area contributed by atoms with Crippen molar-refractivity contribution in [3.05, 3.63) is 58.9 Å². The molecule has 1 amide bonds. The summed E-state index contributed by atoms with van der Waals surface area (Å²) in [5.74, 6) is -0.393. The van der Waals surface area contributed by atoms with Crippen molar-refractivity contribution in [1.82, 2.24) is 4.90 Å². The first-order valence-corrected chi connectivity index (χ1v) is 8.61. The van der Waals surface area contributed by atoms with Gasteiger partial charge in [-0.3, -0.25) is 4.79 Å². The topological polar surface area (TPSA) is 41.6 Å². The monoisotopic (exact) mass is 362 g/mol. The van der Waals surface area contributed by atoms with Gasteiger partial charge in [-0.15, -0.1) is 0 Å². The molecule has 1 fully saturated rings. The SMILES string of the molecule is CN1CCC(Oc2ccc(NC(=O)c3ccc(Cl)cc3F)cc2)CC1. The number of nitrogens with zero attached hydrogens (tertiary/aromatic N) is 1. The smallest absolute Gasteiger partial charge is 0.258 e. The van der Waals surface area contributed by atoms with E-state index in [-0.39, 0.29) is 16.7 Å². The number of likely N-dealkylation sites (tertiary alicyclic amines) is 1. The number of amides is 1. The molecule has 0 saturated carbocycles. The van der Waals surface area contributed by atoms with Crippen LogP contribution in [-0.2, 0) is 0 Å². The molecule has 2 aromatic carbocycles. The van der Waals surface area contributed by atoms with Gasteiger partial charge in [0.1, 0.15) is 17.7 Å². The van der Waals surface area contributed by atoms with Gasteiger partial charge in [0.25, 0.3) is 5.91 Å². The van der Waals surface area contributed by atoms with Crippen LogP contribution in [0.15, 0.2) is 42.5 Å². The maximum absolute atomic E-state index is 13.8. The minimum Gasteiger partial charge on any atom is -0.490 e. The highest BCUT2D eigenvalue weighted by Gasteiger charge is 2.18. The van der Waals surface area contributed by atoms with E-state index in [2.05, 4.69) is 17.3 Å². The third-order valence-electron chi connectivity index (χ3n) is 4.26. The predicted octanol–water partition coefficient (Wildman–Crippen LogP) is 4.20. The van der Waals surface area contributed by atoms with E-state index in [1.807, 2.05) is 12.1 Å². The van der Waals surface area contributed by atoms with Crippen LogP contribution >= 0.6 is 11.6 Å². The lowest BCUT2D eigenvalue weighted by molar-refractivity contribution is 0.102. The maximum atomic E-state index is 13.8. The van der Waals surface area contributed by atoms with Crippen molar-refractivity contribution in [3.8, 4) is 5.75 Å². The van der Waals surface area contributed by atoms with Crippen molar-refractivity contribution in [1.29, 1.82) is 0 Å². The van der Waals surface area contributed by atoms with Crippen LogP contribution in [0.25, 0.3) is 0 Å². The number of rotatable bonds is 4. The van der Waals surface area contributed by atoms with Crippen molar-refractivity contribution >= 4 is 23.2 Å². The summed E-state index contributed by atoms with van der Waals surface area (Å²) in [6.45, 7) is 2.07. The molecule has 132 valence electrons. The minimum absolute atomic E-state index is 0.0453. The summed E-state index contributed by atoms with van der Waals surface area (Å²) in [4.78, 5) is 14.4. The molecule has 1 saturated heterocycles. The Bertz CT molecular complexity index is 744. The van der Waals surface area contributed by atoms with Crippen LogP contribution in [0.5, 0.6) is 5.75 Å². The number of ether oxygens (including phenoxy) is 1. The Morgan fingerprint density at radius 1 is 1.20 bits per heavy atom. The Hall–Kier alpha value is -2.11. The van der Waals surface area contributed by atoms with E-state index in [1.54, 1.807) is 12.1 Å². The normalized spacial score (nSPS) is 15.8. The Morgan fingerprint density at radius 2 is 1.88 bits per heavy atom. The number of nitrogens with one attached hydrogen (secondary N) is 1. The molecule has 3 rings (SSSR count). The van der Waals surface area contributed by atoms with Gasteiger partial charge in [0.05, 0.1) is 5.56 Å². The van der Waals surface area contributed by atoms with Crippen LogP contribution in [0.2, 0.25) is 5.02 Å². The summed E-state index contributed by atoms with van der Waals surface area (Å²) in [5, 5.41) is 2.93. The minimum atomic E-state index is -0.646. The third kappa shape index (κ3) is 4.71. The van der Waals surface area contributed by atoms with Gasteiger partial charge >= 0.3 is 0 Å². The Balaban J connectivity index is 1.59. The molecule has 0 unspecified atom stereocenters. The lowest BCUT2D eigenvalue weighted by atomic mass is 10.1. The van der Waals surface area contributed by atoms with Gasteiger partial charge in [0.15, 0.2) is 0 Å². The van der Waals surface area contributed by atoms with E-state index in [0.717, 1.165) is 37.7 Å². The van der Waals surface area contributed by atoms with Gasteiger partial charge in [-0.2, -0.15) is 0 Å². The fourth-order valence-electron chi connectivity index (χ4n) is 2.78. The van der Waals surface area contributed by atoms with Crippen LogP contribution < -0.4 is 10.1 Å². The second kappa shape index (κ2) is 7.85. The van der Waals surface area contributed by atoms with Gasteiger partial charge in [-0.1, -0.05) is 11.6 Å². The Morgan fingerprint density at radius 3 is 2.52 bits per heavy atom. The molecular weight excluding hydrogens is 343 g/mol. The number of anilines is 1. The lowest BCUT2D eigenvalue weighted by Crippen LogP contribution is -2.35. The number of benzene rings is 2. The second-order valence-electron chi connectivity index (χ2n) is 6.22. The zero-order valence-electron chi connectivity index (χ0n) is 14.0. The molecular formula is C19H20ClFN2O2. The van der Waals surface area contributed by atoms with Crippen LogP contribution in [-0.4, -0.2) is 37.0 Å². The van der Waals surface area contributed by atoms with E-state index >= 15 is 0 Å². The van der Waals surface area contributed by atoms with E-state index in [9.17, 15) is 9.18 Å². The largest absolute Gasteiger partial charge is 0.490 e. The van der Waals surface area contributed by atoms with Gasteiger partial charge in [0.2, 0.25) is 0 Å². The Kier molecular flexibility index (Phi) is 5.56. The van der Waals surface area contributed by atoms with Crippen molar-refractivity contribution in [2.24, 2.45) is 0 Å². The highest BCUT2D eigenvalue weighted by Crippen LogP contribution is 2.22. The lowest BCUT2D eigenvalue weighted by Gasteiger charge is -2.29. The van der Waals surface area contributed by atoms with Crippen molar-refractivity contribution in [3.63, 3.8) is 0 Å². The molecule has 1 N–H and O–H groups in total. The standard InChI is InChI=1S/C19H20ClFN2O2/c1-23-10-8-16(9-11-23)25-15-5-3-14(4-6-15)22-19(24)17-7-2-13(20)12-18(17)21/h2-7,12,16H,8-11H2,1H3,(H,22,24). The molecule has 0 bridgehead atoms. The summed E-state index contributed by atoms with van der Waals surface area (Å²) < 4.78 is 19.8. The second-order valence-corrected chi connectivity index (χ2v) is 6.66. The zero-order chi connectivity index (χ0) is 17.8. The third-order valence-corrected chi connectivity index (χ3v) is 4.49. The van der Waals surface area contributed by atoms with Crippen molar-refractivity contribution in [2.75, 3.05) is 25.5 Å². The van der Waals surface area contributed by atoms with Crippen LogP contribution in [0.1, 0.15) is 23.2 Å². The molecule has 0 atom stereocenters. The molecule has 0 radical (unpaired) electrons. The highest BCUT2D eigenvalue weighted by molar-refractivity contribution is 6.30. The van der Waals surface area contributed by atoms with Crippen LogP contribution in [0.3, 0.4) is 0 Å². The highest BCUT2D eigenvalue weighted by atomic mass is 35.5. The van der Waals surface area contributed by atoms with Gasteiger partial charge < -0.3 is 15.0 Å². The van der Waals surface area contributed by atoms with Crippen molar-refractivity contribution in [2.45, 2.75) is 18.9 Å². The molecule has 4 nitrogen and oxygen atoms in total. The van der Waals surface area contributed by atoms with Crippen LogP contribution in [0, 0.1) is 5.82 Å². The van der Waals surface area contributed by atoms with Gasteiger partial charge in [-0.05, 0) is 62.4 Å². The molecule has 1 heterocycles. The molecule has 25 heavy (non-hydrogen) atoms. The molecule has 0 aliphatic carbocycles. The summed E-state index contributed by atoms with van der Waals surface area (Å²) in [6.07, 6.45) is 2.23. The molecule has 1 aliphatic heterocycles. The number of halogens is 2. The fourth-order valence-corrected chi connectivity index (χ4v) is 2.94. The van der Waals surface area contributed by atoms with E-state index in [1.165, 1.54) is 12.1 Å². The van der Waals surface area contributed by atoms with Crippen molar-refractivity contribution < 1.29 is 13.9 Å². The Labute approximate surface area is 151 Å². The molecule has 0 aromatic heterocycles. The first kappa shape index (κ1) is 17.7. The number of hydrogen-bond acceptors (Lipinski definition) is 3. The van der Waals surface area contributed by atoms with Gasteiger partial charge in [0, 0.05) is 23.8 Å². The van der Waals surface area contributed by atoms with E-state index in [0.29, 0.717) is 5.69 Å². The van der Waals surface area contributed by atoms with E-state index in [4.69, 9.17) is 16.3 Å². The summed E-state index contributed by atoms with van der Waals surface area (Å²) in [5.41, 5.74) is 0.533. The number of piperidine rings is 1. The first-order chi connectivity index (χ1) is 12.0. The number of hydrogen-bond donors (Lipinski definition) is 1. The maximum Gasteiger partial charge on any atom is 0.258 e. The molecule has 0 spiro atoms. The molecule has 1 aliphatic rings. The van der Waals surface area contributed by atoms with Gasteiger partial charge in [-0.25, -0.2) is 4.39 Å². The zero-order valence-corrected chi connectivity index (χ0v) is 14.7. The molecule has 2 aromatic rings. The average molecular weight is 363 g/mol. The van der Waals surface area contributed by atoms with E-state index < -0.39 is 11.7 Å². The first-order valence-electron chi connectivity index (χ1n) is 8.23. The summed E-state index contributed by atoms with van der Waals surface area (Å²) >= 11 is 5.70. The summed E-state index contributed by atoms with van der Waals surface area (Å²) in [6, 6.07) is 11.1. The molecule has 6 heteroatoms. The average Bonchev–Trinajstić information content (AvgIpc) is 2.58. The van der Waals surface area contributed by atoms with Crippen LogP contribution in [0.4, 0.5) is 10.1 Å². The number of carbonyl (C=O) groups excluding carboxylic acids is 1. The number of carbonyl (C=O) groups is 1. The summed E-state index contributed by atoms with van der Waals surface area (Å²) in [7, 11) is 2.11. The predicted molar refractivity (Wildman–Crippen MR) is 97.0 cm³/mol. The fraction of sp³-hybridized carbons (Fsp3) is 0.316.